The van der Waals surface area contributed by atoms with Gasteiger partial charge in [0, 0.05) is 0 Å². The van der Waals surface area contributed by atoms with Crippen LogP contribution in [0.5, 0.6) is 0 Å². The van der Waals surface area contributed by atoms with Crippen molar-refractivity contribution in [2.24, 2.45) is 0 Å². The van der Waals surface area contributed by atoms with E-state index in [0.29, 0.717) is 5.04 Å². The smallest absolute Gasteiger partial charge is 0.119 e. The lowest BCUT2D eigenvalue weighted by Crippen LogP contribution is -2.43. The molecule has 0 heterocycles. The average molecular weight is 187 g/mol. The van der Waals surface area contributed by atoms with Gasteiger partial charge in [-0.2, -0.15) is 0 Å². The van der Waals surface area contributed by atoms with Crippen LogP contribution in [-0.4, -0.2) is 27.6 Å². The molecule has 0 aromatic carbocycles. The summed E-state index contributed by atoms with van der Waals surface area (Å²) >= 11 is 0. The predicted octanol–water partition coefficient (Wildman–Crippen LogP) is 2.87. The molecule has 0 fully saturated rings. The Bertz CT molecular complexity index is 126. The molecule has 2 atom stereocenters. The maximum absolute atomic E-state index is 2.49. The quantitative estimate of drug-likeness (QED) is 0.614. The highest BCUT2D eigenvalue weighted by molar-refractivity contribution is 6.60. The Balaban J connectivity index is 4.44. The lowest BCUT2D eigenvalue weighted by atomic mass is 10.2. The second-order valence-corrected chi connectivity index (χ2v) is 9.95. The first-order valence-corrected chi connectivity index (χ1v) is 6.73. The molecule has 0 aromatic rings. The molecule has 74 valence electrons. The summed E-state index contributed by atoms with van der Waals surface area (Å²) in [6.07, 6.45) is 1.33. The maximum atomic E-state index is 2.49. The van der Waals surface area contributed by atoms with Crippen molar-refractivity contribution in [1.29, 1.82) is 0 Å². The Hall–Kier alpha value is 0.177. The van der Waals surface area contributed by atoms with Crippen LogP contribution >= 0.6 is 0 Å². The van der Waals surface area contributed by atoms with Gasteiger partial charge in [0.2, 0.25) is 0 Å². The van der Waals surface area contributed by atoms with Crippen molar-refractivity contribution in [3.63, 3.8) is 0 Å². The molecule has 0 amide bonds. The third-order valence-corrected chi connectivity index (χ3v) is 7.06. The topological polar surface area (TPSA) is 3.24 Å². The summed E-state index contributed by atoms with van der Waals surface area (Å²) in [5.74, 6) is 0. The Labute approximate surface area is 79.8 Å². The third kappa shape index (κ3) is 3.28. The zero-order valence-electron chi connectivity index (χ0n) is 9.81. The van der Waals surface area contributed by atoms with Gasteiger partial charge in [-0.3, -0.25) is 0 Å². The molecule has 0 aliphatic heterocycles. The second kappa shape index (κ2) is 4.42. The largest absolute Gasteiger partial charge is 0.331 e. The molecule has 0 rings (SSSR count). The summed E-state index contributed by atoms with van der Waals surface area (Å²) in [7, 11) is 3.73. The van der Waals surface area contributed by atoms with Gasteiger partial charge >= 0.3 is 0 Å². The highest BCUT2D eigenvalue weighted by atomic mass is 28.3. The molecule has 1 nitrogen and oxygen atoms in total. The van der Waals surface area contributed by atoms with E-state index in [0.717, 1.165) is 5.54 Å². The van der Waals surface area contributed by atoms with Gasteiger partial charge in [-0.05, 0) is 24.7 Å². The minimum absolute atomic E-state index is 0.527. The third-order valence-electron chi connectivity index (χ3n) is 2.63. The van der Waals surface area contributed by atoms with Gasteiger partial charge in [-0.15, -0.1) is 0 Å². The molecule has 2 heteroatoms. The van der Waals surface area contributed by atoms with Crippen molar-refractivity contribution in [3.05, 3.63) is 0 Å². The molecule has 0 radical (unpaired) electrons. The normalized spacial score (nSPS) is 18.0. The van der Waals surface area contributed by atoms with Gasteiger partial charge < -0.3 is 4.57 Å². The van der Waals surface area contributed by atoms with Crippen LogP contribution in [0, 0.1) is 0 Å². The van der Waals surface area contributed by atoms with Crippen molar-refractivity contribution >= 4 is 8.96 Å². The maximum Gasteiger partial charge on any atom is 0.119 e. The van der Waals surface area contributed by atoms with Crippen LogP contribution in [0.15, 0.2) is 0 Å². The van der Waals surface area contributed by atoms with Crippen LogP contribution in [0.3, 0.4) is 0 Å². The van der Waals surface area contributed by atoms with Gasteiger partial charge in [-0.1, -0.05) is 41.0 Å². The van der Waals surface area contributed by atoms with Crippen LogP contribution in [-0.2, 0) is 0 Å². The molecule has 0 aliphatic carbocycles. The molecule has 12 heavy (non-hydrogen) atoms. The summed E-state index contributed by atoms with van der Waals surface area (Å²) in [6, 6.07) is 0. The lowest BCUT2D eigenvalue weighted by molar-refractivity contribution is 0.543. The van der Waals surface area contributed by atoms with E-state index < -0.39 is 8.96 Å². The van der Waals surface area contributed by atoms with Crippen LogP contribution in [0.2, 0.25) is 10.6 Å². The molecular weight excluding hydrogens is 162 g/mol. The molecule has 0 spiro atoms. The Morgan fingerprint density at radius 2 is 1.67 bits per heavy atom. The highest BCUT2D eigenvalue weighted by Crippen LogP contribution is 2.35. The van der Waals surface area contributed by atoms with Gasteiger partial charge in [0.05, 0.1) is 0 Å². The Morgan fingerprint density at radius 1 is 1.25 bits per heavy atom. The van der Waals surface area contributed by atoms with Crippen molar-refractivity contribution < 1.29 is 0 Å². The van der Waals surface area contributed by atoms with Gasteiger partial charge in [-0.25, -0.2) is 0 Å². The number of hydrogen-bond donors (Lipinski definition) is 0. The van der Waals surface area contributed by atoms with E-state index in [1.165, 1.54) is 6.42 Å². The Kier molecular flexibility index (Phi) is 4.49. The van der Waals surface area contributed by atoms with Crippen LogP contribution < -0.4 is 0 Å². The summed E-state index contributed by atoms with van der Waals surface area (Å²) in [5, 5.41) is 0.527. The van der Waals surface area contributed by atoms with Crippen LogP contribution in [0.1, 0.15) is 41.0 Å². The van der Waals surface area contributed by atoms with Crippen LogP contribution in [0.4, 0.5) is 0 Å². The SMILES string of the molecule is CCC(C)[SiH](N(C)C)C(C)(C)C. The van der Waals surface area contributed by atoms with Crippen molar-refractivity contribution in [2.75, 3.05) is 14.1 Å². The molecule has 0 N–H and O–H groups in total. The standard InChI is InChI=1S/C10H25NSi/c1-8-9(2)12(11(6)7)10(3,4)5/h9,12H,8H2,1-7H3. The predicted molar refractivity (Wildman–Crippen MR) is 60.3 cm³/mol. The lowest BCUT2D eigenvalue weighted by Gasteiger charge is -2.38. The fourth-order valence-electron chi connectivity index (χ4n) is 2.36. The van der Waals surface area contributed by atoms with E-state index in [1.54, 1.807) is 0 Å². The minimum Gasteiger partial charge on any atom is -0.331 e. The number of hydrogen-bond acceptors (Lipinski definition) is 1. The van der Waals surface area contributed by atoms with E-state index >= 15 is 0 Å². The van der Waals surface area contributed by atoms with Crippen molar-refractivity contribution in [2.45, 2.75) is 51.6 Å². The van der Waals surface area contributed by atoms with E-state index in [2.05, 4.69) is 53.3 Å². The summed E-state index contributed by atoms with van der Waals surface area (Å²) in [4.78, 5) is 0. The van der Waals surface area contributed by atoms with E-state index in [4.69, 9.17) is 0 Å². The molecule has 0 aliphatic rings. The first kappa shape index (κ1) is 12.2. The van der Waals surface area contributed by atoms with Crippen molar-refractivity contribution in [1.82, 2.24) is 4.57 Å². The first-order valence-electron chi connectivity index (χ1n) is 4.97. The van der Waals surface area contributed by atoms with E-state index in [-0.39, 0.29) is 0 Å². The first-order chi connectivity index (χ1) is 5.30. The number of nitrogens with zero attached hydrogens (tertiary/aromatic N) is 1. The zero-order chi connectivity index (χ0) is 9.94. The highest BCUT2D eigenvalue weighted by Gasteiger charge is 2.32. The molecule has 2 unspecified atom stereocenters. The fourth-order valence-corrected chi connectivity index (χ4v) is 7.08. The monoisotopic (exact) mass is 187 g/mol. The minimum atomic E-state index is -0.756. The molecule has 0 aromatic heterocycles. The van der Waals surface area contributed by atoms with E-state index in [9.17, 15) is 0 Å². The second-order valence-electron chi connectivity index (χ2n) is 5.16. The van der Waals surface area contributed by atoms with Crippen LogP contribution in [0.25, 0.3) is 0 Å². The molecular formula is C10H25NSi. The molecule has 0 saturated carbocycles. The Morgan fingerprint density at radius 3 is 1.75 bits per heavy atom. The summed E-state index contributed by atoms with van der Waals surface area (Å²) < 4.78 is 2.49. The van der Waals surface area contributed by atoms with E-state index in [1.807, 2.05) is 0 Å². The average Bonchev–Trinajstić information content (AvgIpc) is 1.83. The summed E-state index contributed by atoms with van der Waals surface area (Å²) in [5.41, 5.74) is 0.917. The molecule has 0 saturated heterocycles. The summed E-state index contributed by atoms with van der Waals surface area (Å²) in [6.45, 7) is 11.9. The number of rotatable bonds is 3. The fraction of sp³-hybridized carbons (Fsp3) is 1.00. The van der Waals surface area contributed by atoms with Gasteiger partial charge in [0.15, 0.2) is 0 Å². The van der Waals surface area contributed by atoms with Gasteiger partial charge in [0.1, 0.15) is 8.96 Å². The molecule has 0 bridgehead atoms. The van der Waals surface area contributed by atoms with Gasteiger partial charge in [0.25, 0.3) is 0 Å². The van der Waals surface area contributed by atoms with Crippen molar-refractivity contribution in [3.8, 4) is 0 Å². The zero-order valence-corrected chi connectivity index (χ0v) is 11.0.